The van der Waals surface area contributed by atoms with Crippen molar-refractivity contribution in [2.75, 3.05) is 11.9 Å². The number of ether oxygens (including phenoxy) is 1. The molecule has 1 aromatic heterocycles. The van der Waals surface area contributed by atoms with Crippen molar-refractivity contribution in [3.05, 3.63) is 23.9 Å². The van der Waals surface area contributed by atoms with Gasteiger partial charge in [-0.2, -0.15) is 0 Å². The third-order valence-corrected chi connectivity index (χ3v) is 2.85. The zero-order valence-electron chi connectivity index (χ0n) is 9.96. The van der Waals surface area contributed by atoms with Crippen LogP contribution in [0.5, 0.6) is 0 Å². The molecule has 1 aliphatic rings. The molecule has 5 heteroatoms. The van der Waals surface area contributed by atoms with E-state index >= 15 is 0 Å². The Morgan fingerprint density at radius 3 is 2.88 bits per heavy atom. The minimum Gasteiger partial charge on any atom is -0.375 e. The minimum absolute atomic E-state index is 0.103. The summed E-state index contributed by atoms with van der Waals surface area (Å²) >= 11 is 0. The van der Waals surface area contributed by atoms with Gasteiger partial charge < -0.3 is 10.1 Å². The van der Waals surface area contributed by atoms with Crippen LogP contribution in [0.2, 0.25) is 0 Å². The zero-order chi connectivity index (χ0) is 12.5. The maximum absolute atomic E-state index is 13.4. The minimum atomic E-state index is -0.666. The van der Waals surface area contributed by atoms with Crippen LogP contribution in [0.15, 0.2) is 12.3 Å². The van der Waals surface area contributed by atoms with Crippen molar-refractivity contribution in [1.29, 1.82) is 0 Å². The van der Waals surface area contributed by atoms with Crippen molar-refractivity contribution >= 4 is 5.82 Å². The molecular weight excluding hydrogens is 226 g/mol. The van der Waals surface area contributed by atoms with Gasteiger partial charge in [-0.1, -0.05) is 0 Å². The summed E-state index contributed by atoms with van der Waals surface area (Å²) in [6.07, 6.45) is 2.57. The van der Waals surface area contributed by atoms with Crippen LogP contribution in [0.1, 0.15) is 26.7 Å². The molecule has 1 fully saturated rings. The van der Waals surface area contributed by atoms with Gasteiger partial charge in [0.05, 0.1) is 11.8 Å². The fourth-order valence-electron chi connectivity index (χ4n) is 2.07. The largest absolute Gasteiger partial charge is 0.375 e. The summed E-state index contributed by atoms with van der Waals surface area (Å²) in [6, 6.07) is 0.936. The van der Waals surface area contributed by atoms with E-state index in [-0.39, 0.29) is 17.5 Å². The Balaban J connectivity index is 2.05. The topological polar surface area (TPSA) is 34.2 Å². The average molecular weight is 242 g/mol. The SMILES string of the molecule is CC1(C)CC(Nc2ncc(F)cc2F)CCO1. The lowest BCUT2D eigenvalue weighted by atomic mass is 9.94. The van der Waals surface area contributed by atoms with Crippen molar-refractivity contribution in [1.82, 2.24) is 4.98 Å². The Kier molecular flexibility index (Phi) is 3.28. The predicted molar refractivity (Wildman–Crippen MR) is 60.8 cm³/mol. The molecule has 0 bridgehead atoms. The van der Waals surface area contributed by atoms with Gasteiger partial charge in [0.1, 0.15) is 5.82 Å². The summed E-state index contributed by atoms with van der Waals surface area (Å²) in [7, 11) is 0. The number of halogens is 2. The lowest BCUT2D eigenvalue weighted by molar-refractivity contribution is -0.0553. The Hall–Kier alpha value is -1.23. The number of nitrogens with zero attached hydrogens (tertiary/aromatic N) is 1. The van der Waals surface area contributed by atoms with E-state index in [0.717, 1.165) is 25.1 Å². The summed E-state index contributed by atoms with van der Waals surface area (Å²) in [4.78, 5) is 3.72. The van der Waals surface area contributed by atoms with Gasteiger partial charge in [-0.05, 0) is 26.7 Å². The van der Waals surface area contributed by atoms with Crippen molar-refractivity contribution in [2.24, 2.45) is 0 Å². The smallest absolute Gasteiger partial charge is 0.168 e. The molecule has 1 unspecified atom stereocenters. The number of anilines is 1. The van der Waals surface area contributed by atoms with Gasteiger partial charge in [0.15, 0.2) is 11.6 Å². The van der Waals surface area contributed by atoms with E-state index in [9.17, 15) is 8.78 Å². The Morgan fingerprint density at radius 2 is 2.24 bits per heavy atom. The first-order chi connectivity index (χ1) is 7.96. The van der Waals surface area contributed by atoms with Crippen LogP contribution in [-0.4, -0.2) is 23.2 Å². The van der Waals surface area contributed by atoms with Gasteiger partial charge >= 0.3 is 0 Å². The highest BCUT2D eigenvalue weighted by Crippen LogP contribution is 2.26. The molecule has 0 spiro atoms. The molecule has 2 rings (SSSR count). The van der Waals surface area contributed by atoms with E-state index in [4.69, 9.17) is 4.74 Å². The molecule has 1 aromatic rings. The fourth-order valence-corrected chi connectivity index (χ4v) is 2.07. The van der Waals surface area contributed by atoms with Gasteiger partial charge in [0, 0.05) is 18.7 Å². The second-order valence-electron chi connectivity index (χ2n) is 4.93. The number of hydrogen-bond donors (Lipinski definition) is 1. The predicted octanol–water partition coefficient (Wildman–Crippen LogP) is 2.73. The second-order valence-corrected chi connectivity index (χ2v) is 4.93. The fraction of sp³-hybridized carbons (Fsp3) is 0.583. The summed E-state index contributed by atoms with van der Waals surface area (Å²) in [6.45, 7) is 4.62. The lowest BCUT2D eigenvalue weighted by Crippen LogP contribution is -2.40. The van der Waals surface area contributed by atoms with E-state index in [1.807, 2.05) is 13.8 Å². The first kappa shape index (κ1) is 12.2. The molecule has 1 atom stereocenters. The molecule has 1 aliphatic heterocycles. The molecule has 17 heavy (non-hydrogen) atoms. The Labute approximate surface area is 99.2 Å². The quantitative estimate of drug-likeness (QED) is 0.865. The van der Waals surface area contributed by atoms with Gasteiger partial charge in [-0.15, -0.1) is 0 Å². The molecule has 2 heterocycles. The van der Waals surface area contributed by atoms with Gasteiger partial charge in [-0.3, -0.25) is 0 Å². The maximum atomic E-state index is 13.4. The monoisotopic (exact) mass is 242 g/mol. The number of nitrogens with one attached hydrogen (secondary N) is 1. The van der Waals surface area contributed by atoms with E-state index in [1.165, 1.54) is 0 Å². The van der Waals surface area contributed by atoms with Crippen LogP contribution in [0, 0.1) is 11.6 Å². The van der Waals surface area contributed by atoms with Crippen LogP contribution in [0.4, 0.5) is 14.6 Å². The number of pyridine rings is 1. The molecule has 0 aliphatic carbocycles. The highest BCUT2D eigenvalue weighted by Gasteiger charge is 2.29. The molecular formula is C12H16F2N2O. The standard InChI is InChI=1S/C12H16F2N2O/c1-12(2)6-9(3-4-17-12)16-11-10(14)5-8(13)7-15-11/h5,7,9H,3-4,6H2,1-2H3,(H,15,16). The third-order valence-electron chi connectivity index (χ3n) is 2.85. The Morgan fingerprint density at radius 1 is 1.47 bits per heavy atom. The number of aromatic nitrogens is 1. The molecule has 3 nitrogen and oxygen atoms in total. The van der Waals surface area contributed by atoms with Crippen molar-refractivity contribution in [2.45, 2.75) is 38.3 Å². The first-order valence-electron chi connectivity index (χ1n) is 5.68. The highest BCUT2D eigenvalue weighted by molar-refractivity contribution is 5.37. The van der Waals surface area contributed by atoms with Crippen LogP contribution in [-0.2, 0) is 4.74 Å². The van der Waals surface area contributed by atoms with E-state index in [0.29, 0.717) is 6.61 Å². The first-order valence-corrected chi connectivity index (χ1v) is 5.68. The number of hydrogen-bond acceptors (Lipinski definition) is 3. The van der Waals surface area contributed by atoms with Crippen LogP contribution >= 0.6 is 0 Å². The van der Waals surface area contributed by atoms with Crippen LogP contribution in [0.25, 0.3) is 0 Å². The summed E-state index contributed by atoms with van der Waals surface area (Å²) in [5.74, 6) is -1.22. The van der Waals surface area contributed by atoms with Crippen LogP contribution in [0.3, 0.4) is 0 Å². The lowest BCUT2D eigenvalue weighted by Gasteiger charge is -2.36. The highest BCUT2D eigenvalue weighted by atomic mass is 19.1. The zero-order valence-corrected chi connectivity index (χ0v) is 9.96. The van der Waals surface area contributed by atoms with Crippen molar-refractivity contribution < 1.29 is 13.5 Å². The van der Waals surface area contributed by atoms with Crippen molar-refractivity contribution in [3.8, 4) is 0 Å². The molecule has 0 saturated carbocycles. The average Bonchev–Trinajstić information content (AvgIpc) is 2.21. The Bertz CT molecular complexity index is 409. The van der Waals surface area contributed by atoms with E-state index < -0.39 is 11.6 Å². The van der Waals surface area contributed by atoms with Crippen LogP contribution < -0.4 is 5.32 Å². The molecule has 1 N–H and O–H groups in total. The van der Waals surface area contributed by atoms with Gasteiger partial charge in [0.25, 0.3) is 0 Å². The molecule has 94 valence electrons. The van der Waals surface area contributed by atoms with E-state index in [2.05, 4.69) is 10.3 Å². The number of rotatable bonds is 2. The third kappa shape index (κ3) is 3.12. The second kappa shape index (κ2) is 4.56. The molecule has 0 aromatic carbocycles. The summed E-state index contributed by atoms with van der Waals surface area (Å²) < 4.78 is 31.7. The maximum Gasteiger partial charge on any atom is 0.168 e. The van der Waals surface area contributed by atoms with Gasteiger partial charge in [0.2, 0.25) is 0 Å². The van der Waals surface area contributed by atoms with Crippen molar-refractivity contribution in [3.63, 3.8) is 0 Å². The normalized spacial score (nSPS) is 23.4. The van der Waals surface area contributed by atoms with E-state index in [1.54, 1.807) is 0 Å². The molecule has 0 amide bonds. The van der Waals surface area contributed by atoms with Gasteiger partial charge in [-0.25, -0.2) is 13.8 Å². The molecule has 0 radical (unpaired) electrons. The summed E-state index contributed by atoms with van der Waals surface area (Å²) in [5, 5.41) is 3.00. The summed E-state index contributed by atoms with van der Waals surface area (Å²) in [5.41, 5.74) is -0.216. The molecule has 1 saturated heterocycles.